The summed E-state index contributed by atoms with van der Waals surface area (Å²) in [5, 5.41) is 0. The van der Waals surface area contributed by atoms with Crippen LogP contribution in [0.1, 0.15) is 6.42 Å². The van der Waals surface area contributed by atoms with E-state index in [9.17, 15) is 17.2 Å². The maximum atomic E-state index is 12.6. The summed E-state index contributed by atoms with van der Waals surface area (Å²) in [6, 6.07) is 5.61. The number of rotatable bonds is 7. The molecule has 0 spiro atoms. The zero-order valence-corrected chi connectivity index (χ0v) is 14.1. The first-order valence-electron chi connectivity index (χ1n) is 7.45. The largest absolute Gasteiger partial charge is 0.488 e. The Morgan fingerprint density at radius 1 is 1.30 bits per heavy atom. The minimum absolute atomic E-state index is 0.160. The highest BCUT2D eigenvalue weighted by Crippen LogP contribution is 2.26. The molecule has 1 atom stereocenters. The van der Waals surface area contributed by atoms with Gasteiger partial charge in [0.05, 0.1) is 4.90 Å². The van der Waals surface area contributed by atoms with Gasteiger partial charge in [0, 0.05) is 19.6 Å². The van der Waals surface area contributed by atoms with Crippen molar-refractivity contribution in [1.29, 1.82) is 0 Å². The summed E-state index contributed by atoms with van der Waals surface area (Å²) in [5.74, 6) is 0.560. The summed E-state index contributed by atoms with van der Waals surface area (Å²) in [5.41, 5.74) is 0. The number of alkyl halides is 2. The zero-order valence-electron chi connectivity index (χ0n) is 13.3. The van der Waals surface area contributed by atoms with Crippen LogP contribution in [0.15, 0.2) is 29.2 Å². The van der Waals surface area contributed by atoms with Gasteiger partial charge in [0.1, 0.15) is 12.4 Å². The standard InChI is InChI=1S/C15H22F2N2O3S/c1-18(2)9-12-7-8-19(10-12)23(20,21)14-5-3-13(4-6-14)22-11-15(16)17/h3-6,12,15H,7-11H2,1-2H3/t12-/m0/s1. The van der Waals surface area contributed by atoms with Crippen molar-refractivity contribution in [2.24, 2.45) is 5.92 Å². The number of sulfonamides is 1. The molecule has 1 fully saturated rings. The molecule has 1 aliphatic rings. The van der Waals surface area contributed by atoms with E-state index in [1.165, 1.54) is 28.6 Å². The van der Waals surface area contributed by atoms with Gasteiger partial charge in [-0.3, -0.25) is 0 Å². The van der Waals surface area contributed by atoms with Gasteiger partial charge >= 0.3 is 0 Å². The topological polar surface area (TPSA) is 49.9 Å². The molecule has 0 radical (unpaired) electrons. The lowest BCUT2D eigenvalue weighted by Crippen LogP contribution is -2.30. The number of halogens is 2. The molecule has 0 unspecified atom stereocenters. The van der Waals surface area contributed by atoms with Crippen LogP contribution in [0.5, 0.6) is 5.75 Å². The van der Waals surface area contributed by atoms with E-state index in [0.29, 0.717) is 19.0 Å². The third-order valence-electron chi connectivity index (χ3n) is 3.71. The first-order chi connectivity index (χ1) is 10.8. The highest BCUT2D eigenvalue weighted by Gasteiger charge is 2.32. The minimum atomic E-state index is -3.54. The maximum Gasteiger partial charge on any atom is 0.272 e. The summed E-state index contributed by atoms with van der Waals surface area (Å²) in [4.78, 5) is 2.21. The second kappa shape index (κ2) is 7.55. The van der Waals surface area contributed by atoms with E-state index in [2.05, 4.69) is 4.90 Å². The number of nitrogens with zero attached hydrogens (tertiary/aromatic N) is 2. The average Bonchev–Trinajstić information content (AvgIpc) is 2.94. The van der Waals surface area contributed by atoms with Crippen molar-refractivity contribution in [3.8, 4) is 5.75 Å². The SMILES string of the molecule is CN(C)C[C@@H]1CCN(S(=O)(=O)c2ccc(OCC(F)F)cc2)C1. The van der Waals surface area contributed by atoms with E-state index in [1.54, 1.807) is 0 Å². The Kier molecular flexibility index (Phi) is 5.94. The second-order valence-corrected chi connectivity index (χ2v) is 7.89. The number of hydrogen-bond donors (Lipinski definition) is 0. The summed E-state index contributed by atoms with van der Waals surface area (Å²) in [7, 11) is 0.391. The lowest BCUT2D eigenvalue weighted by Gasteiger charge is -2.18. The van der Waals surface area contributed by atoms with Crippen molar-refractivity contribution in [3.63, 3.8) is 0 Å². The number of ether oxygens (including phenoxy) is 1. The molecule has 0 amide bonds. The molecule has 8 heteroatoms. The van der Waals surface area contributed by atoms with E-state index >= 15 is 0 Å². The Hall–Kier alpha value is -1.25. The van der Waals surface area contributed by atoms with Gasteiger partial charge < -0.3 is 9.64 Å². The van der Waals surface area contributed by atoms with E-state index in [4.69, 9.17) is 4.74 Å². The van der Waals surface area contributed by atoms with Crippen LogP contribution in [0, 0.1) is 5.92 Å². The van der Waals surface area contributed by atoms with Gasteiger partial charge in [-0.25, -0.2) is 17.2 Å². The Morgan fingerprint density at radius 3 is 2.52 bits per heavy atom. The molecule has 23 heavy (non-hydrogen) atoms. The average molecular weight is 348 g/mol. The van der Waals surface area contributed by atoms with Gasteiger partial charge in [0.2, 0.25) is 10.0 Å². The van der Waals surface area contributed by atoms with Crippen LogP contribution in [0.4, 0.5) is 8.78 Å². The van der Waals surface area contributed by atoms with Gasteiger partial charge in [0.15, 0.2) is 0 Å². The fraction of sp³-hybridized carbons (Fsp3) is 0.600. The van der Waals surface area contributed by atoms with Crippen LogP contribution >= 0.6 is 0 Å². The van der Waals surface area contributed by atoms with Gasteiger partial charge in [-0.05, 0) is 50.7 Å². The van der Waals surface area contributed by atoms with E-state index in [1.807, 2.05) is 14.1 Å². The summed E-state index contributed by atoms with van der Waals surface area (Å²) >= 11 is 0. The Labute approximate surface area is 135 Å². The zero-order chi connectivity index (χ0) is 17.0. The van der Waals surface area contributed by atoms with Gasteiger partial charge in [-0.15, -0.1) is 0 Å². The minimum Gasteiger partial charge on any atom is -0.488 e. The monoisotopic (exact) mass is 348 g/mol. The van der Waals surface area contributed by atoms with Crippen molar-refractivity contribution in [3.05, 3.63) is 24.3 Å². The van der Waals surface area contributed by atoms with Gasteiger partial charge in [0.25, 0.3) is 6.43 Å². The fourth-order valence-electron chi connectivity index (χ4n) is 2.70. The third-order valence-corrected chi connectivity index (χ3v) is 5.59. The Bertz CT molecular complexity index is 606. The molecule has 0 aromatic heterocycles. The predicted octanol–water partition coefficient (Wildman–Crippen LogP) is 1.90. The third kappa shape index (κ3) is 4.86. The molecule has 1 aromatic carbocycles. The molecule has 1 saturated heterocycles. The predicted molar refractivity (Wildman–Crippen MR) is 83.4 cm³/mol. The van der Waals surface area contributed by atoms with Crippen LogP contribution < -0.4 is 4.74 Å². The van der Waals surface area contributed by atoms with Crippen LogP contribution in [0.25, 0.3) is 0 Å². The first-order valence-corrected chi connectivity index (χ1v) is 8.89. The fourth-order valence-corrected chi connectivity index (χ4v) is 4.23. The highest BCUT2D eigenvalue weighted by molar-refractivity contribution is 7.89. The summed E-state index contributed by atoms with van der Waals surface area (Å²) in [6.07, 6.45) is -1.72. The number of hydrogen-bond acceptors (Lipinski definition) is 4. The molecule has 2 rings (SSSR count). The van der Waals surface area contributed by atoms with E-state index in [-0.39, 0.29) is 10.6 Å². The summed E-state index contributed by atoms with van der Waals surface area (Å²) in [6.45, 7) is 1.16. The second-order valence-electron chi connectivity index (χ2n) is 5.95. The maximum absolute atomic E-state index is 12.6. The van der Waals surface area contributed by atoms with Crippen molar-refractivity contribution >= 4 is 10.0 Å². The first kappa shape index (κ1) is 18.1. The highest BCUT2D eigenvalue weighted by atomic mass is 32.2. The van der Waals surface area contributed by atoms with Crippen molar-refractivity contribution in [2.45, 2.75) is 17.7 Å². The molecule has 5 nitrogen and oxygen atoms in total. The van der Waals surface area contributed by atoms with Crippen LogP contribution in [-0.2, 0) is 10.0 Å². The Balaban J connectivity index is 2.02. The quantitative estimate of drug-likeness (QED) is 0.755. The number of benzene rings is 1. The van der Waals surface area contributed by atoms with E-state index in [0.717, 1.165) is 13.0 Å². The van der Waals surface area contributed by atoms with Crippen molar-refractivity contribution < 1.29 is 21.9 Å². The smallest absolute Gasteiger partial charge is 0.272 e. The molecular weight excluding hydrogens is 326 g/mol. The molecule has 0 aliphatic carbocycles. The molecule has 0 saturated carbocycles. The molecule has 130 valence electrons. The molecule has 0 bridgehead atoms. The summed E-state index contributed by atoms with van der Waals surface area (Å²) < 4.78 is 55.7. The van der Waals surface area contributed by atoms with Crippen molar-refractivity contribution in [2.75, 3.05) is 40.3 Å². The molecule has 1 heterocycles. The Morgan fingerprint density at radius 2 is 1.96 bits per heavy atom. The lowest BCUT2D eigenvalue weighted by atomic mass is 10.1. The molecule has 1 aromatic rings. The molecular formula is C15H22F2N2O3S. The van der Waals surface area contributed by atoms with Gasteiger partial charge in [-0.2, -0.15) is 4.31 Å². The molecule has 1 aliphatic heterocycles. The lowest BCUT2D eigenvalue weighted by molar-refractivity contribution is 0.0819. The van der Waals surface area contributed by atoms with Crippen LogP contribution in [-0.4, -0.2) is 64.4 Å². The normalized spacial score (nSPS) is 19.7. The van der Waals surface area contributed by atoms with Crippen LogP contribution in [0.3, 0.4) is 0 Å². The van der Waals surface area contributed by atoms with Gasteiger partial charge in [-0.1, -0.05) is 0 Å². The van der Waals surface area contributed by atoms with E-state index < -0.39 is 23.1 Å². The van der Waals surface area contributed by atoms with Crippen molar-refractivity contribution in [1.82, 2.24) is 9.21 Å². The molecule has 0 N–H and O–H groups in total. The van der Waals surface area contributed by atoms with Crippen LogP contribution in [0.2, 0.25) is 0 Å².